The second-order valence-electron chi connectivity index (χ2n) is 6.50. The Morgan fingerprint density at radius 2 is 1.64 bits per heavy atom. The molecular weight excluding hydrogens is 352 g/mol. The van der Waals surface area contributed by atoms with E-state index in [9.17, 15) is 9.59 Å². The Labute approximate surface area is 162 Å². The Morgan fingerprint density at radius 3 is 2.46 bits per heavy atom. The largest absolute Gasteiger partial charge is 0.461 e. The summed E-state index contributed by atoms with van der Waals surface area (Å²) in [5.74, 6) is -0.675. The SMILES string of the molecule is CCOC(=O)c1[nH]c2ccccc2c1NC(=O)Cc1cccc2ccccc12. The highest BCUT2D eigenvalue weighted by atomic mass is 16.5. The molecule has 5 nitrogen and oxygen atoms in total. The van der Waals surface area contributed by atoms with Gasteiger partial charge in [-0.25, -0.2) is 4.79 Å². The topological polar surface area (TPSA) is 71.2 Å². The molecular formula is C23H20N2O3. The van der Waals surface area contributed by atoms with Gasteiger partial charge in [-0.3, -0.25) is 4.79 Å². The highest BCUT2D eigenvalue weighted by Gasteiger charge is 2.20. The monoisotopic (exact) mass is 372 g/mol. The summed E-state index contributed by atoms with van der Waals surface area (Å²) >= 11 is 0. The fraction of sp³-hybridized carbons (Fsp3) is 0.130. The standard InChI is InChI=1S/C23H20N2O3/c1-2-28-23(27)22-21(18-12-5-6-13-19(18)24-22)25-20(26)14-16-10-7-9-15-8-3-4-11-17(15)16/h3-13,24H,2,14H2,1H3,(H,25,26). The molecule has 2 N–H and O–H groups in total. The van der Waals surface area contributed by atoms with Crippen molar-refractivity contribution in [1.29, 1.82) is 0 Å². The van der Waals surface area contributed by atoms with Crippen LogP contribution in [-0.2, 0) is 16.0 Å². The molecule has 0 radical (unpaired) electrons. The van der Waals surface area contributed by atoms with Crippen LogP contribution in [0.4, 0.5) is 5.69 Å². The molecule has 1 aromatic heterocycles. The summed E-state index contributed by atoms with van der Waals surface area (Å²) in [6, 6.07) is 21.3. The first-order valence-electron chi connectivity index (χ1n) is 9.21. The molecule has 0 bridgehead atoms. The minimum absolute atomic E-state index is 0.188. The Kier molecular flexibility index (Phi) is 4.81. The Bertz CT molecular complexity index is 1170. The summed E-state index contributed by atoms with van der Waals surface area (Å²) in [4.78, 5) is 28.2. The number of benzene rings is 3. The number of ether oxygens (including phenoxy) is 1. The third-order valence-electron chi connectivity index (χ3n) is 4.68. The first-order valence-corrected chi connectivity index (χ1v) is 9.21. The van der Waals surface area contributed by atoms with Crippen LogP contribution in [0.1, 0.15) is 23.0 Å². The summed E-state index contributed by atoms with van der Waals surface area (Å²) in [6.45, 7) is 2.01. The predicted molar refractivity (Wildman–Crippen MR) is 111 cm³/mol. The smallest absolute Gasteiger partial charge is 0.356 e. The number of esters is 1. The van der Waals surface area contributed by atoms with E-state index < -0.39 is 5.97 Å². The van der Waals surface area contributed by atoms with E-state index in [2.05, 4.69) is 10.3 Å². The summed E-state index contributed by atoms with van der Waals surface area (Å²) < 4.78 is 5.13. The van der Waals surface area contributed by atoms with E-state index in [0.717, 1.165) is 27.2 Å². The zero-order valence-electron chi connectivity index (χ0n) is 15.5. The minimum Gasteiger partial charge on any atom is -0.461 e. The second-order valence-corrected chi connectivity index (χ2v) is 6.50. The number of nitrogens with one attached hydrogen (secondary N) is 2. The average Bonchev–Trinajstić information content (AvgIpc) is 3.07. The summed E-state index contributed by atoms with van der Waals surface area (Å²) in [5, 5.41) is 5.83. The maximum atomic E-state index is 12.8. The number of rotatable bonds is 5. The van der Waals surface area contributed by atoms with Crippen molar-refractivity contribution in [1.82, 2.24) is 4.98 Å². The van der Waals surface area contributed by atoms with Gasteiger partial charge in [-0.1, -0.05) is 60.7 Å². The molecule has 140 valence electrons. The van der Waals surface area contributed by atoms with E-state index in [1.54, 1.807) is 6.92 Å². The first-order chi connectivity index (χ1) is 13.7. The van der Waals surface area contributed by atoms with Gasteiger partial charge < -0.3 is 15.0 Å². The molecule has 28 heavy (non-hydrogen) atoms. The van der Waals surface area contributed by atoms with Gasteiger partial charge in [0.15, 0.2) is 0 Å². The van der Waals surface area contributed by atoms with Gasteiger partial charge in [0.05, 0.1) is 18.7 Å². The van der Waals surface area contributed by atoms with Gasteiger partial charge in [-0.05, 0) is 29.3 Å². The summed E-state index contributed by atoms with van der Waals surface area (Å²) in [6.07, 6.45) is 0.211. The molecule has 0 spiro atoms. The van der Waals surface area contributed by atoms with Crippen molar-refractivity contribution in [3.05, 3.63) is 78.0 Å². The third kappa shape index (κ3) is 3.34. The lowest BCUT2D eigenvalue weighted by Crippen LogP contribution is -2.17. The lowest BCUT2D eigenvalue weighted by Gasteiger charge is -2.09. The summed E-state index contributed by atoms with van der Waals surface area (Å²) in [5.41, 5.74) is 2.42. The van der Waals surface area contributed by atoms with E-state index in [0.29, 0.717) is 5.69 Å². The van der Waals surface area contributed by atoms with Crippen molar-refractivity contribution in [2.75, 3.05) is 11.9 Å². The van der Waals surface area contributed by atoms with Gasteiger partial charge in [0.2, 0.25) is 5.91 Å². The molecule has 1 amide bonds. The first kappa shape index (κ1) is 17.8. The van der Waals surface area contributed by atoms with Gasteiger partial charge in [-0.2, -0.15) is 0 Å². The molecule has 0 aliphatic rings. The molecule has 3 aromatic carbocycles. The van der Waals surface area contributed by atoms with E-state index >= 15 is 0 Å². The lowest BCUT2D eigenvalue weighted by atomic mass is 10.0. The van der Waals surface area contributed by atoms with Crippen LogP contribution < -0.4 is 5.32 Å². The lowest BCUT2D eigenvalue weighted by molar-refractivity contribution is -0.115. The Morgan fingerprint density at radius 1 is 0.929 bits per heavy atom. The average molecular weight is 372 g/mol. The van der Waals surface area contributed by atoms with Crippen LogP contribution in [0.5, 0.6) is 0 Å². The van der Waals surface area contributed by atoms with E-state index in [1.165, 1.54) is 0 Å². The van der Waals surface area contributed by atoms with Crippen LogP contribution in [0.25, 0.3) is 21.7 Å². The molecule has 5 heteroatoms. The number of hydrogen-bond donors (Lipinski definition) is 2. The highest BCUT2D eigenvalue weighted by Crippen LogP contribution is 2.29. The number of aromatic amines is 1. The van der Waals surface area contributed by atoms with Crippen molar-refractivity contribution < 1.29 is 14.3 Å². The molecule has 0 fully saturated rings. The molecule has 0 atom stereocenters. The van der Waals surface area contributed by atoms with Crippen molar-refractivity contribution in [3.8, 4) is 0 Å². The predicted octanol–water partition coefficient (Wildman–Crippen LogP) is 4.68. The maximum Gasteiger partial charge on any atom is 0.356 e. The Hall–Kier alpha value is -3.60. The van der Waals surface area contributed by atoms with Crippen LogP contribution >= 0.6 is 0 Å². The normalized spacial score (nSPS) is 10.9. The number of hydrogen-bond acceptors (Lipinski definition) is 3. The van der Waals surface area contributed by atoms with Crippen LogP contribution in [0.15, 0.2) is 66.7 Å². The maximum absolute atomic E-state index is 12.8. The van der Waals surface area contributed by atoms with Crippen LogP contribution in [0, 0.1) is 0 Å². The van der Waals surface area contributed by atoms with E-state index in [1.807, 2.05) is 66.7 Å². The van der Waals surface area contributed by atoms with Crippen molar-refractivity contribution in [2.24, 2.45) is 0 Å². The number of carbonyl (C=O) groups is 2. The van der Waals surface area contributed by atoms with Gasteiger partial charge >= 0.3 is 5.97 Å². The third-order valence-corrected chi connectivity index (χ3v) is 4.68. The molecule has 0 aliphatic heterocycles. The number of aromatic nitrogens is 1. The molecule has 0 unspecified atom stereocenters. The Balaban J connectivity index is 1.66. The zero-order valence-corrected chi connectivity index (χ0v) is 15.5. The minimum atomic E-state index is -0.487. The molecule has 4 rings (SSSR count). The molecule has 1 heterocycles. The van der Waals surface area contributed by atoms with Crippen molar-refractivity contribution in [3.63, 3.8) is 0 Å². The number of amides is 1. The van der Waals surface area contributed by atoms with Gasteiger partial charge in [0.25, 0.3) is 0 Å². The number of fused-ring (bicyclic) bond motifs is 2. The molecule has 4 aromatic rings. The quantitative estimate of drug-likeness (QED) is 0.500. The van der Waals surface area contributed by atoms with E-state index in [4.69, 9.17) is 4.74 Å². The number of para-hydroxylation sites is 1. The number of anilines is 1. The van der Waals surface area contributed by atoms with Crippen LogP contribution in [0.2, 0.25) is 0 Å². The second kappa shape index (κ2) is 7.56. The number of H-pyrrole nitrogens is 1. The zero-order chi connectivity index (χ0) is 19.5. The van der Waals surface area contributed by atoms with Crippen molar-refractivity contribution >= 4 is 39.2 Å². The fourth-order valence-corrected chi connectivity index (χ4v) is 3.43. The van der Waals surface area contributed by atoms with Gasteiger partial charge in [-0.15, -0.1) is 0 Å². The highest BCUT2D eigenvalue weighted by molar-refractivity contribution is 6.11. The molecule has 0 aliphatic carbocycles. The molecule has 0 saturated heterocycles. The van der Waals surface area contributed by atoms with E-state index in [-0.39, 0.29) is 24.6 Å². The van der Waals surface area contributed by atoms with Gasteiger partial charge in [0, 0.05) is 10.9 Å². The fourth-order valence-electron chi connectivity index (χ4n) is 3.43. The van der Waals surface area contributed by atoms with Gasteiger partial charge in [0.1, 0.15) is 5.69 Å². The van der Waals surface area contributed by atoms with Crippen LogP contribution in [-0.4, -0.2) is 23.5 Å². The van der Waals surface area contributed by atoms with Crippen LogP contribution in [0.3, 0.4) is 0 Å². The number of carbonyl (C=O) groups excluding carboxylic acids is 2. The van der Waals surface area contributed by atoms with Crippen molar-refractivity contribution in [2.45, 2.75) is 13.3 Å². The summed E-state index contributed by atoms with van der Waals surface area (Å²) in [7, 11) is 0. The molecule has 0 saturated carbocycles.